The highest BCUT2D eigenvalue weighted by Gasteiger charge is 1.94. The molecular formula is C6H10N2. The standard InChI is InChI=1S/C6H10N2/c1-6-5-7-3-2-4-8-6/h2-4,6-7H,5H2,1H3. The quantitative estimate of drug-likeness (QED) is 0.484. The van der Waals surface area contributed by atoms with Crippen molar-refractivity contribution >= 4 is 6.21 Å². The van der Waals surface area contributed by atoms with Crippen LogP contribution in [0.2, 0.25) is 0 Å². The monoisotopic (exact) mass is 110 g/mol. The molecule has 1 aliphatic heterocycles. The lowest BCUT2D eigenvalue weighted by molar-refractivity contribution is 0.697. The molecule has 1 heterocycles. The van der Waals surface area contributed by atoms with Gasteiger partial charge in [-0.1, -0.05) is 0 Å². The van der Waals surface area contributed by atoms with E-state index in [1.165, 1.54) is 0 Å². The second-order valence-electron chi connectivity index (χ2n) is 1.91. The number of rotatable bonds is 0. The lowest BCUT2D eigenvalue weighted by Gasteiger charge is -2.00. The second kappa shape index (κ2) is 2.50. The summed E-state index contributed by atoms with van der Waals surface area (Å²) in [5.74, 6) is 0. The molecule has 0 bridgehead atoms. The minimum Gasteiger partial charge on any atom is -0.389 e. The van der Waals surface area contributed by atoms with E-state index in [4.69, 9.17) is 0 Å². The average Bonchev–Trinajstić information content (AvgIpc) is 1.94. The molecule has 2 nitrogen and oxygen atoms in total. The lowest BCUT2D eigenvalue weighted by Crippen LogP contribution is -2.16. The van der Waals surface area contributed by atoms with Gasteiger partial charge < -0.3 is 5.32 Å². The summed E-state index contributed by atoms with van der Waals surface area (Å²) in [5, 5.41) is 3.09. The van der Waals surface area contributed by atoms with E-state index in [1.807, 2.05) is 18.5 Å². The Balaban J connectivity index is 2.46. The van der Waals surface area contributed by atoms with E-state index in [9.17, 15) is 0 Å². The van der Waals surface area contributed by atoms with E-state index in [-0.39, 0.29) is 0 Å². The Morgan fingerprint density at radius 2 is 2.62 bits per heavy atom. The van der Waals surface area contributed by atoms with Crippen LogP contribution in [0.1, 0.15) is 6.92 Å². The molecular weight excluding hydrogens is 100 g/mol. The molecule has 0 aromatic heterocycles. The maximum Gasteiger partial charge on any atom is 0.0643 e. The van der Waals surface area contributed by atoms with Gasteiger partial charge in [-0.05, 0) is 19.2 Å². The molecule has 1 N–H and O–H groups in total. The molecule has 44 valence electrons. The van der Waals surface area contributed by atoms with Crippen molar-refractivity contribution in [3.8, 4) is 0 Å². The van der Waals surface area contributed by atoms with Gasteiger partial charge in [0.1, 0.15) is 0 Å². The van der Waals surface area contributed by atoms with Crippen LogP contribution in [-0.2, 0) is 0 Å². The Morgan fingerprint density at radius 1 is 1.75 bits per heavy atom. The summed E-state index contributed by atoms with van der Waals surface area (Å²) in [7, 11) is 0. The predicted octanol–water partition coefficient (Wildman–Crippen LogP) is 0.563. The molecule has 0 saturated heterocycles. The zero-order chi connectivity index (χ0) is 5.82. The van der Waals surface area contributed by atoms with Crippen molar-refractivity contribution < 1.29 is 0 Å². The average molecular weight is 110 g/mol. The highest BCUT2D eigenvalue weighted by atomic mass is 14.9. The fraction of sp³-hybridized carbons (Fsp3) is 0.500. The fourth-order valence-electron chi connectivity index (χ4n) is 0.599. The predicted molar refractivity (Wildman–Crippen MR) is 35.1 cm³/mol. The first-order valence-electron chi connectivity index (χ1n) is 2.81. The van der Waals surface area contributed by atoms with Gasteiger partial charge >= 0.3 is 0 Å². The van der Waals surface area contributed by atoms with Crippen LogP contribution < -0.4 is 5.32 Å². The van der Waals surface area contributed by atoms with Gasteiger partial charge in [-0.3, -0.25) is 4.99 Å². The topological polar surface area (TPSA) is 24.4 Å². The summed E-state index contributed by atoms with van der Waals surface area (Å²) in [4.78, 5) is 4.15. The van der Waals surface area contributed by atoms with Crippen molar-refractivity contribution in [3.63, 3.8) is 0 Å². The number of hydrogen-bond acceptors (Lipinski definition) is 2. The van der Waals surface area contributed by atoms with E-state index in [2.05, 4.69) is 17.2 Å². The molecule has 0 radical (unpaired) electrons. The van der Waals surface area contributed by atoms with Gasteiger partial charge in [-0.2, -0.15) is 0 Å². The third kappa shape index (κ3) is 1.37. The molecule has 1 unspecified atom stereocenters. The van der Waals surface area contributed by atoms with Gasteiger partial charge in [0, 0.05) is 12.8 Å². The maximum atomic E-state index is 4.15. The van der Waals surface area contributed by atoms with Gasteiger partial charge in [-0.15, -0.1) is 0 Å². The van der Waals surface area contributed by atoms with Gasteiger partial charge in [0.15, 0.2) is 0 Å². The molecule has 0 aromatic carbocycles. The molecule has 0 aromatic rings. The molecule has 0 fully saturated rings. The lowest BCUT2D eigenvalue weighted by atomic mass is 10.4. The number of nitrogens with one attached hydrogen (secondary N) is 1. The highest BCUT2D eigenvalue weighted by molar-refractivity contribution is 5.71. The molecule has 0 aliphatic carbocycles. The third-order valence-electron chi connectivity index (χ3n) is 1.05. The summed E-state index contributed by atoms with van der Waals surface area (Å²) in [6.45, 7) is 3.03. The smallest absolute Gasteiger partial charge is 0.0643 e. The van der Waals surface area contributed by atoms with Crippen LogP contribution in [0, 0.1) is 0 Å². The van der Waals surface area contributed by atoms with Crippen LogP contribution in [0.25, 0.3) is 0 Å². The molecule has 0 amide bonds. The zero-order valence-electron chi connectivity index (χ0n) is 4.96. The Hall–Kier alpha value is -0.790. The van der Waals surface area contributed by atoms with Gasteiger partial charge in [0.25, 0.3) is 0 Å². The summed E-state index contributed by atoms with van der Waals surface area (Å²) in [6.07, 6.45) is 5.64. The van der Waals surface area contributed by atoms with Crippen LogP contribution in [0.3, 0.4) is 0 Å². The van der Waals surface area contributed by atoms with E-state index in [1.54, 1.807) is 0 Å². The Morgan fingerprint density at radius 3 is 3.50 bits per heavy atom. The summed E-state index contributed by atoms with van der Waals surface area (Å²) < 4.78 is 0. The number of aliphatic imine (C=N–C) groups is 1. The first-order chi connectivity index (χ1) is 3.89. The van der Waals surface area contributed by atoms with Crippen LogP contribution in [0.4, 0.5) is 0 Å². The van der Waals surface area contributed by atoms with E-state index >= 15 is 0 Å². The second-order valence-corrected chi connectivity index (χ2v) is 1.91. The van der Waals surface area contributed by atoms with Crippen molar-refractivity contribution in [3.05, 3.63) is 12.3 Å². The van der Waals surface area contributed by atoms with E-state index in [0.717, 1.165) is 6.54 Å². The first kappa shape index (κ1) is 5.35. The van der Waals surface area contributed by atoms with Crippen LogP contribution in [0.15, 0.2) is 17.3 Å². The summed E-state index contributed by atoms with van der Waals surface area (Å²) >= 11 is 0. The fourth-order valence-corrected chi connectivity index (χ4v) is 0.599. The third-order valence-corrected chi connectivity index (χ3v) is 1.05. The van der Waals surface area contributed by atoms with Gasteiger partial charge in [-0.25, -0.2) is 0 Å². The Bertz CT molecular complexity index is 116. The molecule has 1 rings (SSSR count). The van der Waals surface area contributed by atoms with Crippen molar-refractivity contribution in [1.82, 2.24) is 5.32 Å². The normalized spacial score (nSPS) is 26.9. The molecule has 8 heavy (non-hydrogen) atoms. The van der Waals surface area contributed by atoms with E-state index < -0.39 is 0 Å². The van der Waals surface area contributed by atoms with E-state index in [0.29, 0.717) is 6.04 Å². The first-order valence-corrected chi connectivity index (χ1v) is 2.81. The molecule has 0 spiro atoms. The molecule has 1 aliphatic rings. The van der Waals surface area contributed by atoms with Crippen molar-refractivity contribution in [2.24, 2.45) is 4.99 Å². The van der Waals surface area contributed by atoms with Crippen LogP contribution in [-0.4, -0.2) is 18.8 Å². The minimum atomic E-state index is 0.421. The van der Waals surface area contributed by atoms with Gasteiger partial charge in [0.2, 0.25) is 0 Å². The van der Waals surface area contributed by atoms with Crippen molar-refractivity contribution in [2.45, 2.75) is 13.0 Å². The zero-order valence-corrected chi connectivity index (χ0v) is 4.96. The molecule has 0 saturated carbocycles. The number of nitrogens with zero attached hydrogens (tertiary/aromatic N) is 1. The Labute approximate surface area is 49.3 Å². The van der Waals surface area contributed by atoms with Crippen molar-refractivity contribution in [1.29, 1.82) is 0 Å². The SMILES string of the molecule is CC1CNC=CC=N1. The summed E-state index contributed by atoms with van der Waals surface area (Å²) in [6, 6.07) is 0.421. The van der Waals surface area contributed by atoms with Crippen LogP contribution in [0.5, 0.6) is 0 Å². The number of hydrogen-bond donors (Lipinski definition) is 1. The molecule has 2 heteroatoms. The minimum absolute atomic E-state index is 0.421. The number of allylic oxidation sites excluding steroid dienone is 1. The maximum absolute atomic E-state index is 4.15. The van der Waals surface area contributed by atoms with Gasteiger partial charge in [0.05, 0.1) is 6.04 Å². The van der Waals surface area contributed by atoms with Crippen LogP contribution >= 0.6 is 0 Å². The molecule has 1 atom stereocenters. The summed E-state index contributed by atoms with van der Waals surface area (Å²) in [5.41, 5.74) is 0. The van der Waals surface area contributed by atoms with Crippen molar-refractivity contribution in [2.75, 3.05) is 6.54 Å². The highest BCUT2D eigenvalue weighted by Crippen LogP contribution is 1.87. The largest absolute Gasteiger partial charge is 0.389 e. The Kier molecular flexibility index (Phi) is 1.67.